The fourth-order valence-corrected chi connectivity index (χ4v) is 1.95. The van der Waals surface area contributed by atoms with Crippen molar-refractivity contribution in [3.63, 3.8) is 0 Å². The Bertz CT molecular complexity index is 380. The van der Waals surface area contributed by atoms with Crippen LogP contribution in [0.25, 0.3) is 5.70 Å². The molecule has 1 aliphatic heterocycles. The highest BCUT2D eigenvalue weighted by Crippen LogP contribution is 2.30. The number of hydrogen-bond acceptors (Lipinski definition) is 2. The molecule has 4 heteroatoms. The largest absolute Gasteiger partial charge is 0.255 e. The summed E-state index contributed by atoms with van der Waals surface area (Å²) in [5.74, 6) is -0.246. The molecule has 0 saturated carbocycles. The quantitative estimate of drug-likeness (QED) is 0.717. The van der Waals surface area contributed by atoms with E-state index >= 15 is 0 Å². The Balaban J connectivity index is 2.36. The van der Waals surface area contributed by atoms with E-state index in [0.717, 1.165) is 11.3 Å². The fraction of sp³-hybridized carbons (Fsp3) is 0.200. The topological polar surface area (TPSA) is 12.5 Å². The molecule has 1 aliphatic rings. The van der Waals surface area contributed by atoms with Crippen LogP contribution in [0.3, 0.4) is 0 Å². The maximum absolute atomic E-state index is 12.9. The van der Waals surface area contributed by atoms with Gasteiger partial charge in [0, 0.05) is 5.56 Å². The first-order valence-corrected chi connectivity index (χ1v) is 4.98. The van der Waals surface area contributed by atoms with Gasteiger partial charge in [0.1, 0.15) is 11.9 Å². The summed E-state index contributed by atoms with van der Waals surface area (Å²) in [5.41, 5.74) is 1.63. The summed E-state index contributed by atoms with van der Waals surface area (Å²) in [5, 5.41) is 0. The molecule has 0 aromatic heterocycles. The number of halogens is 2. The van der Waals surface area contributed by atoms with E-state index in [-0.39, 0.29) is 11.9 Å². The highest BCUT2D eigenvalue weighted by molar-refractivity contribution is 9.07. The standard InChI is InChI=1S/C10H9BrFNO/c1-7-5-10(13(11)14-7)8-3-2-4-9(12)6-8/h2-7H,1H3. The number of rotatable bonds is 1. The number of benzene rings is 1. The number of hydrogen-bond donors (Lipinski definition) is 0. The third-order valence-corrected chi connectivity index (χ3v) is 2.51. The van der Waals surface area contributed by atoms with Crippen LogP contribution in [0.5, 0.6) is 0 Å². The van der Waals surface area contributed by atoms with Crippen LogP contribution >= 0.6 is 16.1 Å². The van der Waals surface area contributed by atoms with Crippen LogP contribution < -0.4 is 0 Å². The van der Waals surface area contributed by atoms with Gasteiger partial charge in [0.25, 0.3) is 0 Å². The van der Waals surface area contributed by atoms with Crippen LogP contribution in [0.4, 0.5) is 4.39 Å². The summed E-state index contributed by atoms with van der Waals surface area (Å²) in [6, 6.07) is 6.41. The fourth-order valence-electron chi connectivity index (χ4n) is 1.36. The first-order chi connectivity index (χ1) is 6.66. The van der Waals surface area contributed by atoms with Gasteiger partial charge in [0.05, 0.1) is 21.8 Å². The van der Waals surface area contributed by atoms with Gasteiger partial charge in [-0.3, -0.25) is 4.84 Å². The molecular weight excluding hydrogens is 249 g/mol. The molecule has 1 aromatic rings. The van der Waals surface area contributed by atoms with E-state index in [4.69, 9.17) is 4.84 Å². The van der Waals surface area contributed by atoms with Gasteiger partial charge in [0.2, 0.25) is 0 Å². The molecule has 0 bridgehead atoms. The summed E-state index contributed by atoms with van der Waals surface area (Å²) in [7, 11) is 0. The lowest BCUT2D eigenvalue weighted by atomic mass is 10.1. The van der Waals surface area contributed by atoms with Gasteiger partial charge in [-0.15, -0.1) is 0 Å². The molecule has 0 amide bonds. The molecule has 0 radical (unpaired) electrons. The Morgan fingerprint density at radius 3 is 2.86 bits per heavy atom. The lowest BCUT2D eigenvalue weighted by molar-refractivity contribution is -0.0305. The van der Waals surface area contributed by atoms with Crippen molar-refractivity contribution in [2.75, 3.05) is 0 Å². The van der Waals surface area contributed by atoms with Crippen LogP contribution in [-0.4, -0.2) is 10.2 Å². The zero-order valence-corrected chi connectivity index (χ0v) is 9.16. The van der Waals surface area contributed by atoms with Crippen molar-refractivity contribution < 1.29 is 9.23 Å². The van der Waals surface area contributed by atoms with Crippen molar-refractivity contribution in [1.82, 2.24) is 4.09 Å². The maximum atomic E-state index is 12.9. The average Bonchev–Trinajstić information content (AvgIpc) is 2.45. The first kappa shape index (κ1) is 9.68. The summed E-state index contributed by atoms with van der Waals surface area (Å²) in [6.45, 7) is 1.92. The Kier molecular flexibility index (Phi) is 2.56. The molecule has 74 valence electrons. The van der Waals surface area contributed by atoms with E-state index in [9.17, 15) is 4.39 Å². The second kappa shape index (κ2) is 3.71. The molecule has 0 saturated heterocycles. The Morgan fingerprint density at radius 1 is 1.50 bits per heavy atom. The normalized spacial score (nSPS) is 21.2. The minimum absolute atomic E-state index is 0.00708. The Hall–Kier alpha value is -0.870. The molecule has 0 aliphatic carbocycles. The average molecular weight is 258 g/mol. The number of nitrogens with zero attached hydrogens (tertiary/aromatic N) is 1. The smallest absolute Gasteiger partial charge is 0.123 e. The summed E-state index contributed by atoms with van der Waals surface area (Å²) < 4.78 is 14.4. The van der Waals surface area contributed by atoms with Crippen LogP contribution in [0, 0.1) is 5.82 Å². The zero-order valence-electron chi connectivity index (χ0n) is 7.58. The van der Waals surface area contributed by atoms with E-state index in [1.54, 1.807) is 6.07 Å². The Morgan fingerprint density at radius 2 is 2.29 bits per heavy atom. The van der Waals surface area contributed by atoms with E-state index in [0.29, 0.717) is 0 Å². The molecule has 14 heavy (non-hydrogen) atoms. The summed E-state index contributed by atoms with van der Waals surface area (Å²) >= 11 is 3.23. The van der Waals surface area contributed by atoms with Gasteiger partial charge >= 0.3 is 0 Å². The third kappa shape index (κ3) is 1.81. The van der Waals surface area contributed by atoms with Crippen molar-refractivity contribution in [3.8, 4) is 0 Å². The van der Waals surface area contributed by atoms with Gasteiger partial charge in [0.15, 0.2) is 0 Å². The Labute approximate surface area is 90.3 Å². The second-order valence-corrected chi connectivity index (χ2v) is 3.76. The SMILES string of the molecule is CC1C=C(c2cccc(F)c2)N(Br)O1. The molecule has 1 heterocycles. The van der Waals surface area contributed by atoms with Gasteiger partial charge in [-0.25, -0.2) is 4.39 Å². The van der Waals surface area contributed by atoms with Crippen molar-refractivity contribution in [2.45, 2.75) is 13.0 Å². The van der Waals surface area contributed by atoms with Crippen molar-refractivity contribution in [2.24, 2.45) is 0 Å². The second-order valence-electron chi connectivity index (χ2n) is 3.12. The predicted molar refractivity (Wildman–Crippen MR) is 55.7 cm³/mol. The lowest BCUT2D eigenvalue weighted by Crippen LogP contribution is -2.07. The van der Waals surface area contributed by atoms with Gasteiger partial charge in [-0.2, -0.15) is 4.09 Å². The van der Waals surface area contributed by atoms with Crippen molar-refractivity contribution >= 4 is 21.8 Å². The van der Waals surface area contributed by atoms with E-state index in [2.05, 4.69) is 16.1 Å². The molecule has 0 spiro atoms. The van der Waals surface area contributed by atoms with Crippen LogP contribution in [0.2, 0.25) is 0 Å². The molecule has 2 nitrogen and oxygen atoms in total. The third-order valence-electron chi connectivity index (χ3n) is 1.96. The van der Waals surface area contributed by atoms with Crippen LogP contribution in [0.1, 0.15) is 12.5 Å². The number of hydroxylamine groups is 1. The van der Waals surface area contributed by atoms with Crippen molar-refractivity contribution in [3.05, 3.63) is 41.7 Å². The molecule has 2 rings (SSSR count). The summed E-state index contributed by atoms with van der Waals surface area (Å²) in [4.78, 5) is 5.30. The van der Waals surface area contributed by atoms with E-state index in [1.807, 2.05) is 19.1 Å². The highest BCUT2D eigenvalue weighted by Gasteiger charge is 2.20. The van der Waals surface area contributed by atoms with Crippen LogP contribution in [-0.2, 0) is 4.84 Å². The molecule has 1 aromatic carbocycles. The lowest BCUT2D eigenvalue weighted by Gasteiger charge is -2.12. The molecule has 1 atom stereocenters. The maximum Gasteiger partial charge on any atom is 0.123 e. The molecular formula is C10H9BrFNO. The highest BCUT2D eigenvalue weighted by atomic mass is 79.9. The van der Waals surface area contributed by atoms with E-state index < -0.39 is 0 Å². The van der Waals surface area contributed by atoms with Gasteiger partial charge < -0.3 is 0 Å². The van der Waals surface area contributed by atoms with Crippen LogP contribution in [0.15, 0.2) is 30.3 Å². The van der Waals surface area contributed by atoms with E-state index in [1.165, 1.54) is 16.2 Å². The zero-order chi connectivity index (χ0) is 10.1. The predicted octanol–water partition coefficient (Wildman–Crippen LogP) is 3.11. The van der Waals surface area contributed by atoms with Crippen molar-refractivity contribution in [1.29, 1.82) is 0 Å². The van der Waals surface area contributed by atoms with Gasteiger partial charge in [-0.05, 0) is 25.1 Å². The summed E-state index contributed by atoms with van der Waals surface area (Å²) in [6.07, 6.45) is 1.93. The monoisotopic (exact) mass is 257 g/mol. The molecule has 0 fully saturated rings. The first-order valence-electron chi connectivity index (χ1n) is 4.27. The van der Waals surface area contributed by atoms with Gasteiger partial charge in [-0.1, -0.05) is 12.1 Å². The molecule has 0 N–H and O–H groups in total. The minimum Gasteiger partial charge on any atom is -0.255 e. The minimum atomic E-state index is -0.246. The molecule has 1 unspecified atom stereocenters.